The Labute approximate surface area is 89.8 Å². The molecule has 1 aromatic rings. The zero-order valence-corrected chi connectivity index (χ0v) is 10.2. The third kappa shape index (κ3) is 2.04. The molecule has 3 heteroatoms. The van der Waals surface area contributed by atoms with Crippen LogP contribution in [0.3, 0.4) is 0 Å². The van der Waals surface area contributed by atoms with Gasteiger partial charge in [-0.3, -0.25) is 0 Å². The molecule has 0 heterocycles. The number of hydrogen-bond acceptors (Lipinski definition) is 0. The third-order valence-electron chi connectivity index (χ3n) is 0.839. The second-order valence-corrected chi connectivity index (χ2v) is 4.58. The molecule has 0 aromatic heterocycles. The Morgan fingerprint density at radius 2 is 1.67 bits per heavy atom. The summed E-state index contributed by atoms with van der Waals surface area (Å²) in [6.07, 6.45) is 0. The van der Waals surface area contributed by atoms with Crippen LogP contribution in [0.2, 0.25) is 0 Å². The smallest absolute Gasteiger partial charge is 0.0442 e. The minimum Gasteiger partial charge on any atom is -0.0485 e. The predicted molar refractivity (Wildman–Crippen MR) is 58.4 cm³/mol. The molecule has 1 radical (unpaired) electrons. The summed E-state index contributed by atoms with van der Waals surface area (Å²) in [5, 5.41) is 0. The van der Waals surface area contributed by atoms with Gasteiger partial charge in [-0.2, -0.15) is 0 Å². The van der Waals surface area contributed by atoms with E-state index < -0.39 is 0 Å². The standard InChI is InChI=1S/C6H2BrI2/c7-6-4(8)2-1-3-5(6)9/h2-3H. The SMILES string of the molecule is Brc1c(I)c[c]cc1I. The van der Waals surface area contributed by atoms with Crippen LogP contribution in [0.25, 0.3) is 0 Å². The van der Waals surface area contributed by atoms with Gasteiger partial charge in [0.05, 0.1) is 0 Å². The van der Waals surface area contributed by atoms with Crippen molar-refractivity contribution in [1.82, 2.24) is 0 Å². The summed E-state index contributed by atoms with van der Waals surface area (Å²) in [4.78, 5) is 0. The number of benzene rings is 1. The first-order valence-electron chi connectivity index (χ1n) is 2.22. The molecular formula is C6H2BrI2. The molecule has 9 heavy (non-hydrogen) atoms. The molecule has 1 rings (SSSR count). The van der Waals surface area contributed by atoms with Gasteiger partial charge in [0, 0.05) is 11.6 Å². The average molecular weight is 408 g/mol. The van der Waals surface area contributed by atoms with Crippen molar-refractivity contribution in [1.29, 1.82) is 0 Å². The van der Waals surface area contributed by atoms with Crippen LogP contribution >= 0.6 is 61.1 Å². The second-order valence-electron chi connectivity index (χ2n) is 1.47. The Kier molecular flexibility index (Phi) is 3.23. The Bertz CT molecular complexity index is 202. The number of halogens is 3. The van der Waals surface area contributed by atoms with E-state index in [9.17, 15) is 0 Å². The van der Waals surface area contributed by atoms with Crippen LogP contribution in [0.15, 0.2) is 16.6 Å². The molecule has 0 spiro atoms. The lowest BCUT2D eigenvalue weighted by Gasteiger charge is -1.95. The van der Waals surface area contributed by atoms with E-state index in [1.54, 1.807) is 0 Å². The molecule has 0 saturated carbocycles. The first-order valence-corrected chi connectivity index (χ1v) is 5.17. The molecule has 0 bridgehead atoms. The van der Waals surface area contributed by atoms with Crippen molar-refractivity contribution in [2.45, 2.75) is 0 Å². The van der Waals surface area contributed by atoms with Gasteiger partial charge >= 0.3 is 0 Å². The van der Waals surface area contributed by atoms with Gasteiger partial charge in [0.1, 0.15) is 0 Å². The Hall–Kier alpha value is 1.16. The van der Waals surface area contributed by atoms with Crippen molar-refractivity contribution in [3.8, 4) is 0 Å². The molecule has 0 aliphatic carbocycles. The fourth-order valence-electron chi connectivity index (χ4n) is 0.429. The van der Waals surface area contributed by atoms with Gasteiger partial charge in [-0.05, 0) is 79.3 Å². The zero-order valence-electron chi connectivity index (χ0n) is 4.29. The molecule has 0 unspecified atom stereocenters. The van der Waals surface area contributed by atoms with Gasteiger partial charge in [-0.15, -0.1) is 0 Å². The molecule has 0 saturated heterocycles. The molecule has 0 nitrogen and oxygen atoms in total. The first kappa shape index (κ1) is 8.26. The molecule has 0 fully saturated rings. The van der Waals surface area contributed by atoms with E-state index in [0.29, 0.717) is 0 Å². The largest absolute Gasteiger partial charge is 0.0485 e. The van der Waals surface area contributed by atoms with E-state index in [1.807, 2.05) is 12.1 Å². The monoisotopic (exact) mass is 407 g/mol. The van der Waals surface area contributed by atoms with E-state index in [1.165, 1.54) is 11.6 Å². The van der Waals surface area contributed by atoms with E-state index >= 15 is 0 Å². The first-order chi connectivity index (χ1) is 4.22. The van der Waals surface area contributed by atoms with Crippen molar-refractivity contribution in [3.63, 3.8) is 0 Å². The topological polar surface area (TPSA) is 0 Å². The van der Waals surface area contributed by atoms with Gasteiger partial charge in [-0.25, -0.2) is 0 Å². The van der Waals surface area contributed by atoms with E-state index in [0.717, 1.165) is 0 Å². The molecule has 1 aromatic carbocycles. The minimum atomic E-state index is 1.17. The van der Waals surface area contributed by atoms with Crippen molar-refractivity contribution in [2.75, 3.05) is 0 Å². The highest BCUT2D eigenvalue weighted by Gasteiger charge is 1.97. The lowest BCUT2D eigenvalue weighted by Crippen LogP contribution is -1.77. The Morgan fingerprint density at radius 3 is 2.00 bits per heavy atom. The highest BCUT2D eigenvalue weighted by atomic mass is 127. The summed E-state index contributed by atoms with van der Waals surface area (Å²) in [5.74, 6) is 0. The molecule has 0 aliphatic heterocycles. The van der Waals surface area contributed by atoms with E-state index in [2.05, 4.69) is 67.2 Å². The highest BCUT2D eigenvalue weighted by molar-refractivity contribution is 14.1. The molecule has 0 N–H and O–H groups in total. The summed E-state index contributed by atoms with van der Waals surface area (Å²) >= 11 is 7.98. The summed E-state index contributed by atoms with van der Waals surface area (Å²) in [7, 11) is 0. The van der Waals surface area contributed by atoms with Crippen LogP contribution in [0.1, 0.15) is 0 Å². The van der Waals surface area contributed by atoms with Crippen molar-refractivity contribution < 1.29 is 0 Å². The summed E-state index contributed by atoms with van der Waals surface area (Å²) < 4.78 is 3.58. The van der Waals surface area contributed by atoms with Gasteiger partial charge in [0.15, 0.2) is 0 Å². The van der Waals surface area contributed by atoms with Gasteiger partial charge < -0.3 is 0 Å². The van der Waals surface area contributed by atoms with Crippen molar-refractivity contribution in [3.05, 3.63) is 29.8 Å². The predicted octanol–water partition coefficient (Wildman–Crippen LogP) is 3.46. The number of hydrogen-bond donors (Lipinski definition) is 0. The zero-order chi connectivity index (χ0) is 6.85. The molecular weight excluding hydrogens is 406 g/mol. The number of rotatable bonds is 0. The molecule has 0 atom stereocenters. The maximum Gasteiger partial charge on any atom is 0.0442 e. The second kappa shape index (κ2) is 3.52. The fourth-order valence-corrected chi connectivity index (χ4v) is 2.11. The van der Waals surface area contributed by atoms with Crippen LogP contribution in [0.4, 0.5) is 0 Å². The highest BCUT2D eigenvalue weighted by Crippen LogP contribution is 2.23. The lowest BCUT2D eigenvalue weighted by atomic mass is 10.4. The minimum absolute atomic E-state index is 1.17. The average Bonchev–Trinajstić information content (AvgIpc) is 1.83. The van der Waals surface area contributed by atoms with E-state index in [-0.39, 0.29) is 0 Å². The molecule has 0 amide bonds. The lowest BCUT2D eigenvalue weighted by molar-refractivity contribution is 1.52. The Balaban J connectivity index is 3.25. The van der Waals surface area contributed by atoms with Gasteiger partial charge in [0.2, 0.25) is 0 Å². The maximum absolute atomic E-state index is 3.44. The summed E-state index contributed by atoms with van der Waals surface area (Å²) in [6, 6.07) is 6.93. The maximum atomic E-state index is 3.44. The van der Waals surface area contributed by atoms with Crippen LogP contribution in [0, 0.1) is 13.2 Å². The van der Waals surface area contributed by atoms with E-state index in [4.69, 9.17) is 0 Å². The molecule has 47 valence electrons. The van der Waals surface area contributed by atoms with Crippen LogP contribution in [0.5, 0.6) is 0 Å². The van der Waals surface area contributed by atoms with Crippen LogP contribution in [-0.4, -0.2) is 0 Å². The fraction of sp³-hybridized carbons (Fsp3) is 0. The third-order valence-corrected chi connectivity index (χ3v) is 4.88. The van der Waals surface area contributed by atoms with Crippen LogP contribution in [-0.2, 0) is 0 Å². The normalized spacial score (nSPS) is 9.67. The quantitative estimate of drug-likeness (QED) is 0.456. The Morgan fingerprint density at radius 1 is 1.22 bits per heavy atom. The van der Waals surface area contributed by atoms with Crippen molar-refractivity contribution in [2.24, 2.45) is 0 Å². The summed E-state index contributed by atoms with van der Waals surface area (Å²) in [5.41, 5.74) is 0. The van der Waals surface area contributed by atoms with Gasteiger partial charge in [-0.1, -0.05) is 0 Å². The van der Waals surface area contributed by atoms with Crippen LogP contribution < -0.4 is 0 Å². The van der Waals surface area contributed by atoms with Crippen molar-refractivity contribution >= 4 is 61.1 Å². The van der Waals surface area contributed by atoms with Gasteiger partial charge in [0.25, 0.3) is 0 Å². The molecule has 0 aliphatic rings. The summed E-state index contributed by atoms with van der Waals surface area (Å²) in [6.45, 7) is 0.